The maximum atomic E-state index is 12.6. The molecule has 6 heteroatoms. The number of anilines is 1. The first kappa shape index (κ1) is 19.9. The van der Waals surface area contributed by atoms with Crippen LogP contribution in [0.2, 0.25) is 0 Å². The monoisotopic (exact) mass is 365 g/mol. The minimum absolute atomic E-state index is 0. The Labute approximate surface area is 155 Å². The molecular formula is C19H28ClN3O2. The average Bonchev–Trinajstić information content (AvgIpc) is 2.58. The molecule has 0 bridgehead atoms. The second-order valence-electron chi connectivity index (χ2n) is 7.03. The van der Waals surface area contributed by atoms with E-state index in [1.165, 1.54) is 26.2 Å². The molecule has 0 unspecified atom stereocenters. The van der Waals surface area contributed by atoms with Crippen molar-refractivity contribution in [3.05, 3.63) is 29.8 Å². The summed E-state index contributed by atoms with van der Waals surface area (Å²) in [5.74, 6) is -0.0626. The largest absolute Gasteiger partial charge is 0.324 e. The highest BCUT2D eigenvalue weighted by molar-refractivity contribution is 6.04. The molecule has 1 aliphatic carbocycles. The number of hydrogen-bond donors (Lipinski definition) is 2. The van der Waals surface area contributed by atoms with Gasteiger partial charge in [-0.1, -0.05) is 31.4 Å². The van der Waals surface area contributed by atoms with Gasteiger partial charge in [-0.05, 0) is 31.9 Å². The van der Waals surface area contributed by atoms with Crippen molar-refractivity contribution < 1.29 is 9.59 Å². The van der Waals surface area contributed by atoms with E-state index in [-0.39, 0.29) is 29.6 Å². The van der Waals surface area contributed by atoms with E-state index in [2.05, 4.69) is 15.5 Å². The van der Waals surface area contributed by atoms with Crippen LogP contribution < -0.4 is 10.6 Å². The van der Waals surface area contributed by atoms with Crippen molar-refractivity contribution in [1.82, 2.24) is 10.2 Å². The van der Waals surface area contributed by atoms with Crippen molar-refractivity contribution in [1.29, 1.82) is 0 Å². The number of halogens is 1. The fourth-order valence-electron chi connectivity index (χ4n) is 4.10. The summed E-state index contributed by atoms with van der Waals surface area (Å²) < 4.78 is 0. The number of benzene rings is 1. The minimum atomic E-state index is -0.0319. The molecule has 2 N–H and O–H groups in total. The number of para-hydroxylation sites is 1. The molecule has 3 rings (SSSR count). The Hall–Kier alpha value is -1.43. The summed E-state index contributed by atoms with van der Waals surface area (Å²) in [6.45, 7) is 4.73. The van der Waals surface area contributed by atoms with E-state index >= 15 is 0 Å². The highest BCUT2D eigenvalue weighted by Crippen LogP contribution is 2.34. The van der Waals surface area contributed by atoms with Crippen molar-refractivity contribution >= 4 is 29.8 Å². The van der Waals surface area contributed by atoms with E-state index in [0.717, 1.165) is 32.5 Å². The molecule has 1 saturated heterocycles. The highest BCUT2D eigenvalue weighted by Gasteiger charge is 2.40. The summed E-state index contributed by atoms with van der Waals surface area (Å²) in [7, 11) is 0. The lowest BCUT2D eigenvalue weighted by Gasteiger charge is -2.49. The van der Waals surface area contributed by atoms with Gasteiger partial charge >= 0.3 is 0 Å². The number of Topliss-reactive ketones (excluding diaryl/α,β-unsaturated/α-hetero) is 1. The molecular weight excluding hydrogens is 338 g/mol. The van der Waals surface area contributed by atoms with Gasteiger partial charge < -0.3 is 10.6 Å². The van der Waals surface area contributed by atoms with Crippen LogP contribution in [0.1, 0.15) is 49.4 Å². The number of ketones is 1. The smallest absolute Gasteiger partial charge is 0.238 e. The molecule has 1 heterocycles. The van der Waals surface area contributed by atoms with E-state index in [9.17, 15) is 9.59 Å². The molecule has 1 aliphatic heterocycles. The van der Waals surface area contributed by atoms with Crippen LogP contribution in [0.15, 0.2) is 24.3 Å². The van der Waals surface area contributed by atoms with E-state index in [1.807, 2.05) is 12.1 Å². The van der Waals surface area contributed by atoms with Gasteiger partial charge in [0.15, 0.2) is 5.78 Å². The molecule has 2 aliphatic rings. The summed E-state index contributed by atoms with van der Waals surface area (Å²) in [5.41, 5.74) is 1.31. The zero-order chi connectivity index (χ0) is 17.0. The third-order valence-corrected chi connectivity index (χ3v) is 5.38. The quantitative estimate of drug-likeness (QED) is 0.805. The molecule has 2 fully saturated rings. The molecule has 1 saturated carbocycles. The number of piperazine rings is 1. The Kier molecular flexibility index (Phi) is 6.99. The summed E-state index contributed by atoms with van der Waals surface area (Å²) in [6.07, 6.45) is 6.11. The number of carbonyl (C=O) groups excluding carboxylic acids is 2. The van der Waals surface area contributed by atoms with E-state index in [1.54, 1.807) is 12.1 Å². The third-order valence-electron chi connectivity index (χ3n) is 5.38. The lowest BCUT2D eigenvalue weighted by molar-refractivity contribution is -0.120. The second kappa shape index (κ2) is 8.79. The summed E-state index contributed by atoms with van der Waals surface area (Å²) in [6, 6.07) is 7.21. The molecule has 1 aromatic carbocycles. The maximum absolute atomic E-state index is 12.6. The fraction of sp³-hybridized carbons (Fsp3) is 0.579. The summed E-state index contributed by atoms with van der Waals surface area (Å²) in [4.78, 5) is 26.7. The van der Waals surface area contributed by atoms with Crippen LogP contribution in [0.3, 0.4) is 0 Å². The predicted octanol–water partition coefficient (Wildman–Crippen LogP) is 2.86. The molecule has 5 nitrogen and oxygen atoms in total. The van der Waals surface area contributed by atoms with Crippen molar-refractivity contribution in [3.8, 4) is 0 Å². The number of rotatable bonds is 4. The van der Waals surface area contributed by atoms with Gasteiger partial charge in [-0.25, -0.2) is 0 Å². The Morgan fingerprint density at radius 1 is 1.20 bits per heavy atom. The number of carbonyl (C=O) groups is 2. The molecule has 0 atom stereocenters. The Morgan fingerprint density at radius 3 is 2.64 bits per heavy atom. The van der Waals surface area contributed by atoms with E-state index in [4.69, 9.17) is 0 Å². The molecule has 0 radical (unpaired) electrons. The van der Waals surface area contributed by atoms with Gasteiger partial charge in [0.05, 0.1) is 12.2 Å². The molecule has 1 spiro atoms. The van der Waals surface area contributed by atoms with Gasteiger partial charge in [0.1, 0.15) is 0 Å². The van der Waals surface area contributed by atoms with Gasteiger partial charge in [-0.2, -0.15) is 0 Å². The number of hydrogen-bond acceptors (Lipinski definition) is 4. The lowest BCUT2D eigenvalue weighted by Crippen LogP contribution is -2.63. The molecule has 25 heavy (non-hydrogen) atoms. The number of nitrogens with one attached hydrogen (secondary N) is 2. The zero-order valence-electron chi connectivity index (χ0n) is 14.8. The Bertz CT molecular complexity index is 606. The highest BCUT2D eigenvalue weighted by atomic mass is 35.5. The van der Waals surface area contributed by atoms with Gasteiger partial charge in [-0.3, -0.25) is 14.5 Å². The van der Waals surface area contributed by atoms with Crippen molar-refractivity contribution in [2.45, 2.75) is 44.6 Å². The van der Waals surface area contributed by atoms with E-state index < -0.39 is 0 Å². The summed E-state index contributed by atoms with van der Waals surface area (Å²) >= 11 is 0. The average molecular weight is 366 g/mol. The third kappa shape index (κ3) is 4.60. The summed E-state index contributed by atoms with van der Waals surface area (Å²) in [5, 5.41) is 6.44. The van der Waals surface area contributed by atoms with Crippen LogP contribution in [0.4, 0.5) is 5.69 Å². The molecule has 1 aromatic rings. The van der Waals surface area contributed by atoms with Gasteiger partial charge in [-0.15, -0.1) is 12.4 Å². The van der Waals surface area contributed by atoms with Crippen LogP contribution in [0.5, 0.6) is 0 Å². The standard InChI is InChI=1S/C19H27N3O2.ClH/c1-15(23)16-7-3-4-8-17(16)21-18(24)13-22-12-11-20-14-19(22)9-5-2-6-10-19;/h3-4,7-8,20H,2,5-6,9-14H2,1H3,(H,21,24);1H. The first-order valence-electron chi connectivity index (χ1n) is 8.96. The maximum Gasteiger partial charge on any atom is 0.238 e. The topological polar surface area (TPSA) is 61.4 Å². The van der Waals surface area contributed by atoms with Gasteiger partial charge in [0.2, 0.25) is 5.91 Å². The van der Waals surface area contributed by atoms with Crippen LogP contribution in [-0.2, 0) is 4.79 Å². The minimum Gasteiger partial charge on any atom is -0.324 e. The van der Waals surface area contributed by atoms with Crippen molar-refractivity contribution in [2.75, 3.05) is 31.5 Å². The van der Waals surface area contributed by atoms with Crippen LogP contribution >= 0.6 is 12.4 Å². The van der Waals surface area contributed by atoms with Gasteiger partial charge in [0.25, 0.3) is 0 Å². The van der Waals surface area contributed by atoms with Crippen molar-refractivity contribution in [2.24, 2.45) is 0 Å². The fourth-order valence-corrected chi connectivity index (χ4v) is 4.10. The van der Waals surface area contributed by atoms with Gasteiger partial charge in [0, 0.05) is 30.7 Å². The Balaban J connectivity index is 0.00000225. The van der Waals surface area contributed by atoms with Crippen molar-refractivity contribution in [3.63, 3.8) is 0 Å². The first-order valence-corrected chi connectivity index (χ1v) is 8.96. The normalized spacial score (nSPS) is 19.9. The molecule has 0 aromatic heterocycles. The first-order chi connectivity index (χ1) is 11.6. The predicted molar refractivity (Wildman–Crippen MR) is 103 cm³/mol. The van der Waals surface area contributed by atoms with Crippen LogP contribution in [0, 0.1) is 0 Å². The van der Waals surface area contributed by atoms with Crippen LogP contribution in [-0.4, -0.2) is 48.3 Å². The molecule has 1 amide bonds. The van der Waals surface area contributed by atoms with E-state index in [0.29, 0.717) is 17.8 Å². The van der Waals surface area contributed by atoms with Crippen LogP contribution in [0.25, 0.3) is 0 Å². The number of nitrogens with zero attached hydrogens (tertiary/aromatic N) is 1. The lowest BCUT2D eigenvalue weighted by atomic mass is 9.79. The zero-order valence-corrected chi connectivity index (χ0v) is 15.7. The molecule has 138 valence electrons. The number of amides is 1. The second-order valence-corrected chi connectivity index (χ2v) is 7.03. The SMILES string of the molecule is CC(=O)c1ccccc1NC(=O)CN1CCNCC12CCCCC2.Cl. The Morgan fingerprint density at radius 2 is 1.92 bits per heavy atom.